The van der Waals surface area contributed by atoms with Crippen LogP contribution in [0.2, 0.25) is 0 Å². The highest BCUT2D eigenvalue weighted by Gasteiger charge is 2.37. The average Bonchev–Trinajstić information content (AvgIpc) is 3.58. The maximum Gasteiger partial charge on any atom is 0.410 e. The summed E-state index contributed by atoms with van der Waals surface area (Å²) in [5.74, 6) is 0.173. The number of aryl methyl sites for hydroxylation is 2. The van der Waals surface area contributed by atoms with Crippen LogP contribution in [0.3, 0.4) is 0 Å². The van der Waals surface area contributed by atoms with Crippen molar-refractivity contribution in [3.05, 3.63) is 81.4 Å². The molecule has 4 aromatic rings. The fourth-order valence-corrected chi connectivity index (χ4v) is 8.30. The van der Waals surface area contributed by atoms with Crippen molar-refractivity contribution in [2.45, 2.75) is 73.5 Å². The van der Waals surface area contributed by atoms with Crippen LogP contribution < -0.4 is 16.3 Å². The van der Waals surface area contributed by atoms with E-state index in [-0.39, 0.29) is 11.5 Å². The molecule has 246 valence electrons. The number of hydrogen-bond donors (Lipinski definition) is 1. The van der Waals surface area contributed by atoms with Gasteiger partial charge in [0.15, 0.2) is 0 Å². The van der Waals surface area contributed by atoms with Crippen LogP contribution in [0.5, 0.6) is 0 Å². The Balaban J connectivity index is 1.70. The van der Waals surface area contributed by atoms with E-state index in [1.54, 1.807) is 55.0 Å². The number of ether oxygens (including phenoxy) is 1. The number of carbonyl (C=O) groups excluding carboxylic acids is 1. The van der Waals surface area contributed by atoms with E-state index in [4.69, 9.17) is 9.84 Å². The van der Waals surface area contributed by atoms with E-state index >= 15 is 0 Å². The largest absolute Gasteiger partial charge is 0.444 e. The molecule has 0 saturated carbocycles. The Morgan fingerprint density at radius 2 is 1.70 bits per heavy atom. The molecule has 1 unspecified atom stereocenters. The van der Waals surface area contributed by atoms with E-state index in [2.05, 4.69) is 5.32 Å². The monoisotopic (exact) mass is 650 g/mol. The van der Waals surface area contributed by atoms with Crippen LogP contribution in [-0.2, 0) is 15.7 Å². The topological polar surface area (TPSA) is 103 Å². The predicted molar refractivity (Wildman–Crippen MR) is 181 cm³/mol. The van der Waals surface area contributed by atoms with E-state index in [1.807, 2.05) is 59.7 Å². The van der Waals surface area contributed by atoms with Gasteiger partial charge < -0.3 is 19.5 Å². The molecule has 1 amide bonds. The standard InChI is InChI=1S/C34H44FN6O4P/c1-10-46(44,11-2)28-13-12-24(20-27(28)36-9)39-16-17-40(32(39)42)31-29-23(5)38(33(43)45-34(6,7)8)15-14-26(29)37-41(31)25-18-21(3)30(35)22(4)19-25/h12-13,16-20,23,36H,10-11,14-15H2,1-9H3. The molecule has 0 radical (unpaired) electrons. The first-order valence-electron chi connectivity index (χ1n) is 15.7. The Hall–Kier alpha value is -4.11. The number of anilines is 1. The molecule has 46 heavy (non-hydrogen) atoms. The molecule has 2 aromatic heterocycles. The van der Waals surface area contributed by atoms with Gasteiger partial charge in [-0.25, -0.2) is 18.7 Å². The molecule has 2 aromatic carbocycles. The molecule has 0 saturated heterocycles. The first-order valence-corrected chi connectivity index (χ1v) is 17.8. The van der Waals surface area contributed by atoms with Gasteiger partial charge in [0.05, 0.1) is 23.1 Å². The van der Waals surface area contributed by atoms with Crippen LogP contribution in [0, 0.1) is 19.7 Å². The smallest absolute Gasteiger partial charge is 0.410 e. The summed E-state index contributed by atoms with van der Waals surface area (Å²) in [6.45, 7) is 15.0. The maximum atomic E-state index is 14.7. The van der Waals surface area contributed by atoms with E-state index in [9.17, 15) is 18.5 Å². The third-order valence-corrected chi connectivity index (χ3v) is 12.0. The molecular weight excluding hydrogens is 606 g/mol. The molecule has 1 N–H and O–H groups in total. The Labute approximate surface area is 269 Å². The number of halogens is 1. The van der Waals surface area contributed by atoms with E-state index < -0.39 is 24.9 Å². The van der Waals surface area contributed by atoms with Crippen molar-refractivity contribution in [1.82, 2.24) is 23.8 Å². The number of carbonyl (C=O) groups is 1. The number of nitrogens with one attached hydrogen (secondary N) is 1. The SMILES string of the molecule is CCP(=O)(CC)c1ccc(-n2ccn(-c3c4c(nn3-c3cc(C)c(F)c(C)c3)CCN(C(=O)OC(C)(C)C)C4C)c2=O)cc1NC. The second kappa shape index (κ2) is 12.2. The quantitative estimate of drug-likeness (QED) is 0.229. The maximum absolute atomic E-state index is 14.7. The highest BCUT2D eigenvalue weighted by atomic mass is 31.2. The summed E-state index contributed by atoms with van der Waals surface area (Å²) in [5.41, 5.74) is 3.27. The third kappa shape index (κ3) is 5.81. The Bertz CT molecular complexity index is 1890. The van der Waals surface area contributed by atoms with Gasteiger partial charge in [-0.2, -0.15) is 5.10 Å². The number of benzene rings is 2. The van der Waals surface area contributed by atoms with Gasteiger partial charge in [0, 0.05) is 61.3 Å². The molecular formula is C34H44FN6O4P. The molecule has 5 rings (SSSR count). The lowest BCUT2D eigenvalue weighted by atomic mass is 10.00. The third-order valence-electron chi connectivity index (χ3n) is 8.74. The summed E-state index contributed by atoms with van der Waals surface area (Å²) in [6.07, 6.45) is 4.45. The van der Waals surface area contributed by atoms with Gasteiger partial charge in [0.25, 0.3) is 0 Å². The fourth-order valence-electron chi connectivity index (χ4n) is 6.21. The fraction of sp³-hybridized carbons (Fsp3) is 0.441. The zero-order valence-electron chi connectivity index (χ0n) is 28.1. The number of imidazole rings is 1. The van der Waals surface area contributed by atoms with Crippen molar-refractivity contribution >= 4 is 24.2 Å². The van der Waals surface area contributed by atoms with Crippen molar-refractivity contribution in [2.24, 2.45) is 0 Å². The van der Waals surface area contributed by atoms with Gasteiger partial charge in [-0.15, -0.1) is 0 Å². The van der Waals surface area contributed by atoms with E-state index in [0.717, 1.165) is 16.6 Å². The van der Waals surface area contributed by atoms with Crippen molar-refractivity contribution in [3.63, 3.8) is 0 Å². The normalized spacial score (nSPS) is 15.2. The van der Waals surface area contributed by atoms with Gasteiger partial charge in [-0.05, 0) is 83.0 Å². The van der Waals surface area contributed by atoms with Gasteiger partial charge in [-0.1, -0.05) is 13.8 Å². The number of amides is 1. The highest BCUT2D eigenvalue weighted by molar-refractivity contribution is 7.71. The van der Waals surface area contributed by atoms with Crippen LogP contribution >= 0.6 is 7.14 Å². The van der Waals surface area contributed by atoms with Crippen molar-refractivity contribution in [3.8, 4) is 17.2 Å². The van der Waals surface area contributed by atoms with Crippen molar-refractivity contribution in [1.29, 1.82) is 0 Å². The van der Waals surface area contributed by atoms with Crippen LogP contribution in [0.1, 0.15) is 70.0 Å². The average molecular weight is 651 g/mol. The molecule has 12 heteroatoms. The second-order valence-electron chi connectivity index (χ2n) is 12.9. The first-order chi connectivity index (χ1) is 21.6. The minimum absolute atomic E-state index is 0.297. The molecule has 0 spiro atoms. The second-order valence-corrected chi connectivity index (χ2v) is 16.4. The Morgan fingerprint density at radius 1 is 1.07 bits per heavy atom. The zero-order chi connectivity index (χ0) is 33.7. The Morgan fingerprint density at radius 3 is 2.28 bits per heavy atom. The lowest BCUT2D eigenvalue weighted by Crippen LogP contribution is -2.42. The van der Waals surface area contributed by atoms with Gasteiger partial charge >= 0.3 is 11.8 Å². The summed E-state index contributed by atoms with van der Waals surface area (Å²) in [4.78, 5) is 29.2. The lowest BCUT2D eigenvalue weighted by Gasteiger charge is -2.34. The molecule has 1 aliphatic heterocycles. The molecule has 0 fully saturated rings. The van der Waals surface area contributed by atoms with E-state index in [1.165, 1.54) is 9.13 Å². The van der Waals surface area contributed by atoms with Crippen LogP contribution in [0.4, 0.5) is 14.9 Å². The summed E-state index contributed by atoms with van der Waals surface area (Å²) < 4.78 is 38.7. The minimum Gasteiger partial charge on any atom is -0.444 e. The summed E-state index contributed by atoms with van der Waals surface area (Å²) in [7, 11) is -0.802. The number of aromatic nitrogens is 4. The molecule has 0 bridgehead atoms. The van der Waals surface area contributed by atoms with E-state index in [0.29, 0.717) is 59.3 Å². The Kier molecular flexibility index (Phi) is 8.85. The first kappa shape index (κ1) is 33.3. The summed E-state index contributed by atoms with van der Waals surface area (Å²) in [5, 5.41) is 8.88. The van der Waals surface area contributed by atoms with Gasteiger partial charge in [-0.3, -0.25) is 9.13 Å². The summed E-state index contributed by atoms with van der Waals surface area (Å²) in [6, 6.07) is 8.45. The van der Waals surface area contributed by atoms with Crippen LogP contribution in [-0.4, -0.2) is 61.4 Å². The van der Waals surface area contributed by atoms with Crippen LogP contribution in [0.15, 0.2) is 47.5 Å². The highest BCUT2D eigenvalue weighted by Crippen LogP contribution is 2.45. The van der Waals surface area contributed by atoms with Gasteiger partial charge in [0.1, 0.15) is 24.4 Å². The van der Waals surface area contributed by atoms with Gasteiger partial charge in [0.2, 0.25) is 0 Å². The molecule has 0 aliphatic carbocycles. The number of fused-ring (bicyclic) bond motifs is 1. The zero-order valence-corrected chi connectivity index (χ0v) is 29.0. The summed E-state index contributed by atoms with van der Waals surface area (Å²) >= 11 is 0. The number of nitrogens with zero attached hydrogens (tertiary/aromatic N) is 5. The number of hydrogen-bond acceptors (Lipinski definition) is 6. The van der Waals surface area contributed by atoms with Crippen molar-refractivity contribution in [2.75, 3.05) is 31.2 Å². The van der Waals surface area contributed by atoms with Crippen molar-refractivity contribution < 1.29 is 18.5 Å². The molecule has 3 heterocycles. The molecule has 10 nitrogen and oxygen atoms in total. The predicted octanol–water partition coefficient (Wildman–Crippen LogP) is 6.49. The molecule has 1 aliphatic rings. The number of rotatable bonds is 7. The minimum atomic E-state index is -2.58. The van der Waals surface area contributed by atoms with Crippen LogP contribution in [0.25, 0.3) is 17.2 Å². The molecule has 1 atom stereocenters. The lowest BCUT2D eigenvalue weighted by molar-refractivity contribution is 0.0159.